The maximum absolute atomic E-state index is 12.3. The molecule has 1 aromatic rings. The van der Waals surface area contributed by atoms with E-state index in [9.17, 15) is 4.79 Å². The van der Waals surface area contributed by atoms with Gasteiger partial charge in [0.25, 0.3) is 0 Å². The molecule has 3 rings (SSSR count). The average Bonchev–Trinajstić information content (AvgIpc) is 3.33. The third-order valence-electron chi connectivity index (χ3n) is 5.96. The lowest BCUT2D eigenvalue weighted by molar-refractivity contribution is -0.127. The first-order chi connectivity index (χ1) is 13.7. The number of aliphatic imine (C=N–C) groups is 1. The van der Waals surface area contributed by atoms with Gasteiger partial charge in [0.05, 0.1) is 0 Å². The molecule has 0 bridgehead atoms. The fourth-order valence-corrected chi connectivity index (χ4v) is 4.18. The lowest BCUT2D eigenvalue weighted by atomic mass is 10.1. The number of benzene rings is 1. The molecule has 0 radical (unpaired) electrons. The zero-order valence-electron chi connectivity index (χ0n) is 17.8. The SMILES string of the molecule is CCN1CCC(CNC(=NC)NCC2CC(=O)N(CCc3ccccc3)C2)C1.I. The van der Waals surface area contributed by atoms with Crippen molar-refractivity contribution in [3.63, 3.8) is 0 Å². The fourth-order valence-electron chi connectivity index (χ4n) is 4.18. The van der Waals surface area contributed by atoms with Crippen LogP contribution in [0.25, 0.3) is 0 Å². The Bertz CT molecular complexity index is 654. The van der Waals surface area contributed by atoms with Gasteiger partial charge in [0.2, 0.25) is 5.91 Å². The Morgan fingerprint density at radius 1 is 1.14 bits per heavy atom. The fraction of sp³-hybridized carbons (Fsp3) is 0.636. The number of halogens is 1. The molecular formula is C22H36IN5O. The Labute approximate surface area is 192 Å². The minimum Gasteiger partial charge on any atom is -0.356 e. The van der Waals surface area contributed by atoms with Gasteiger partial charge in [-0.05, 0) is 37.4 Å². The van der Waals surface area contributed by atoms with Gasteiger partial charge in [0.1, 0.15) is 0 Å². The van der Waals surface area contributed by atoms with Crippen LogP contribution < -0.4 is 10.6 Å². The van der Waals surface area contributed by atoms with Crippen LogP contribution in [0.1, 0.15) is 25.3 Å². The third-order valence-corrected chi connectivity index (χ3v) is 5.96. The van der Waals surface area contributed by atoms with Gasteiger partial charge < -0.3 is 20.4 Å². The summed E-state index contributed by atoms with van der Waals surface area (Å²) in [4.78, 5) is 21.2. The van der Waals surface area contributed by atoms with Gasteiger partial charge in [-0.25, -0.2) is 0 Å². The van der Waals surface area contributed by atoms with Crippen LogP contribution in [0.5, 0.6) is 0 Å². The van der Waals surface area contributed by atoms with Crippen LogP contribution >= 0.6 is 24.0 Å². The molecule has 2 N–H and O–H groups in total. The number of hydrogen-bond donors (Lipinski definition) is 2. The molecule has 2 aliphatic heterocycles. The molecule has 29 heavy (non-hydrogen) atoms. The van der Waals surface area contributed by atoms with Gasteiger partial charge in [-0.3, -0.25) is 9.79 Å². The van der Waals surface area contributed by atoms with Crippen LogP contribution in [-0.2, 0) is 11.2 Å². The van der Waals surface area contributed by atoms with Crippen molar-refractivity contribution in [2.24, 2.45) is 16.8 Å². The van der Waals surface area contributed by atoms with Crippen LogP contribution in [0.3, 0.4) is 0 Å². The van der Waals surface area contributed by atoms with Crippen LogP contribution in [0.15, 0.2) is 35.3 Å². The molecule has 0 aromatic heterocycles. The number of rotatable bonds is 8. The molecular weight excluding hydrogens is 477 g/mol. The quantitative estimate of drug-likeness (QED) is 0.318. The molecule has 6 nitrogen and oxygen atoms in total. The van der Waals surface area contributed by atoms with E-state index in [1.165, 1.54) is 25.1 Å². The molecule has 0 saturated carbocycles. The summed E-state index contributed by atoms with van der Waals surface area (Å²) in [6.07, 6.45) is 2.81. The molecule has 2 heterocycles. The van der Waals surface area contributed by atoms with Crippen molar-refractivity contribution in [1.82, 2.24) is 20.4 Å². The first-order valence-electron chi connectivity index (χ1n) is 10.7. The molecule has 1 amide bonds. The number of likely N-dealkylation sites (tertiary alicyclic amines) is 2. The first-order valence-corrected chi connectivity index (χ1v) is 10.7. The van der Waals surface area contributed by atoms with Gasteiger partial charge in [-0.1, -0.05) is 37.3 Å². The van der Waals surface area contributed by atoms with Crippen molar-refractivity contribution in [2.75, 3.05) is 52.9 Å². The number of carbonyl (C=O) groups is 1. The number of nitrogens with zero attached hydrogens (tertiary/aromatic N) is 3. The van der Waals surface area contributed by atoms with Crippen LogP contribution in [0.2, 0.25) is 0 Å². The highest BCUT2D eigenvalue weighted by Crippen LogP contribution is 2.18. The van der Waals surface area contributed by atoms with E-state index in [-0.39, 0.29) is 29.9 Å². The van der Waals surface area contributed by atoms with E-state index in [1.54, 1.807) is 0 Å². The van der Waals surface area contributed by atoms with E-state index >= 15 is 0 Å². The van der Waals surface area contributed by atoms with Crippen LogP contribution in [0, 0.1) is 11.8 Å². The van der Waals surface area contributed by atoms with Crippen molar-refractivity contribution in [3.8, 4) is 0 Å². The molecule has 2 unspecified atom stereocenters. The van der Waals surface area contributed by atoms with Crippen molar-refractivity contribution >= 4 is 35.8 Å². The van der Waals surface area contributed by atoms with Gasteiger partial charge >= 0.3 is 0 Å². The Balaban J connectivity index is 0.00000300. The maximum Gasteiger partial charge on any atom is 0.223 e. The Morgan fingerprint density at radius 3 is 2.52 bits per heavy atom. The highest BCUT2D eigenvalue weighted by Gasteiger charge is 2.29. The lowest BCUT2D eigenvalue weighted by Crippen LogP contribution is -2.42. The van der Waals surface area contributed by atoms with E-state index in [0.29, 0.717) is 18.3 Å². The standard InChI is InChI=1S/C22H35N5O.HI/c1-3-26-11-9-19(16-26)14-24-22(23-2)25-15-20-13-21(28)27(17-20)12-10-18-7-5-4-6-8-18;/h4-8,19-20H,3,9-17H2,1-2H3,(H2,23,24,25);1H. The second-order valence-corrected chi connectivity index (χ2v) is 8.03. The zero-order chi connectivity index (χ0) is 19.8. The summed E-state index contributed by atoms with van der Waals surface area (Å²) >= 11 is 0. The summed E-state index contributed by atoms with van der Waals surface area (Å²) in [6, 6.07) is 10.4. The molecule has 2 saturated heterocycles. The van der Waals surface area contributed by atoms with E-state index in [1.807, 2.05) is 18.0 Å². The minimum absolute atomic E-state index is 0. The van der Waals surface area contributed by atoms with E-state index in [0.717, 1.165) is 45.1 Å². The largest absolute Gasteiger partial charge is 0.356 e. The first kappa shape index (κ1) is 23.9. The average molecular weight is 513 g/mol. The van der Waals surface area contributed by atoms with Gasteiger partial charge in [-0.15, -0.1) is 24.0 Å². The Kier molecular flexibility index (Phi) is 10.2. The summed E-state index contributed by atoms with van der Waals surface area (Å²) in [5, 5.41) is 6.88. The summed E-state index contributed by atoms with van der Waals surface area (Å²) in [6.45, 7) is 9.14. The summed E-state index contributed by atoms with van der Waals surface area (Å²) in [7, 11) is 1.81. The topological polar surface area (TPSA) is 60.0 Å². The van der Waals surface area contributed by atoms with Gasteiger partial charge in [-0.2, -0.15) is 0 Å². The zero-order valence-corrected chi connectivity index (χ0v) is 20.1. The normalized spacial score (nSPS) is 22.6. The molecule has 2 aliphatic rings. The van der Waals surface area contributed by atoms with Gasteiger partial charge in [0.15, 0.2) is 5.96 Å². The predicted molar refractivity (Wildman–Crippen MR) is 130 cm³/mol. The van der Waals surface area contributed by atoms with Crippen molar-refractivity contribution in [2.45, 2.75) is 26.2 Å². The smallest absolute Gasteiger partial charge is 0.223 e. The van der Waals surface area contributed by atoms with E-state index in [4.69, 9.17) is 0 Å². The summed E-state index contributed by atoms with van der Waals surface area (Å²) in [5.41, 5.74) is 1.29. The Hall–Kier alpha value is -1.35. The number of carbonyl (C=O) groups excluding carboxylic acids is 1. The third kappa shape index (κ3) is 7.44. The van der Waals surface area contributed by atoms with Crippen molar-refractivity contribution < 1.29 is 4.79 Å². The number of nitrogens with one attached hydrogen (secondary N) is 2. The molecule has 7 heteroatoms. The lowest BCUT2D eigenvalue weighted by Gasteiger charge is -2.19. The number of amides is 1. The van der Waals surface area contributed by atoms with Crippen LogP contribution in [0.4, 0.5) is 0 Å². The number of guanidine groups is 1. The summed E-state index contributed by atoms with van der Waals surface area (Å²) < 4.78 is 0. The molecule has 0 spiro atoms. The molecule has 2 fully saturated rings. The number of hydrogen-bond acceptors (Lipinski definition) is 3. The predicted octanol–water partition coefficient (Wildman–Crippen LogP) is 2.20. The minimum atomic E-state index is 0. The molecule has 1 aromatic carbocycles. The van der Waals surface area contributed by atoms with E-state index < -0.39 is 0 Å². The maximum atomic E-state index is 12.3. The highest BCUT2D eigenvalue weighted by molar-refractivity contribution is 14.0. The van der Waals surface area contributed by atoms with Crippen molar-refractivity contribution in [3.05, 3.63) is 35.9 Å². The molecule has 2 atom stereocenters. The van der Waals surface area contributed by atoms with Gasteiger partial charge in [0, 0.05) is 52.1 Å². The Morgan fingerprint density at radius 2 is 1.86 bits per heavy atom. The molecule has 162 valence electrons. The second-order valence-electron chi connectivity index (χ2n) is 8.03. The van der Waals surface area contributed by atoms with Crippen molar-refractivity contribution in [1.29, 1.82) is 0 Å². The summed E-state index contributed by atoms with van der Waals surface area (Å²) in [5.74, 6) is 2.17. The highest BCUT2D eigenvalue weighted by atomic mass is 127. The second kappa shape index (κ2) is 12.4. The van der Waals surface area contributed by atoms with Crippen LogP contribution in [-0.4, -0.2) is 74.5 Å². The molecule has 0 aliphatic carbocycles. The monoisotopic (exact) mass is 513 g/mol. The van der Waals surface area contributed by atoms with E-state index in [2.05, 4.69) is 51.7 Å².